The molecule has 0 amide bonds. The van der Waals surface area contributed by atoms with E-state index < -0.39 is 11.7 Å². The number of ether oxygens (including phenoxy) is 3. The number of phenols is 1. The molecule has 5 nitrogen and oxygen atoms in total. The summed E-state index contributed by atoms with van der Waals surface area (Å²) in [6.07, 6.45) is 5.75. The Balaban J connectivity index is 1.86. The van der Waals surface area contributed by atoms with Gasteiger partial charge >= 0.3 is 0 Å². The number of allylic oxidation sites excluding steroid dienone is 2. The molecule has 0 bridgehead atoms. The molecule has 0 aromatic heterocycles. The van der Waals surface area contributed by atoms with Crippen molar-refractivity contribution in [1.29, 1.82) is 0 Å². The van der Waals surface area contributed by atoms with Gasteiger partial charge in [-0.05, 0) is 48.8 Å². The molecular formula is C25H26O5. The summed E-state index contributed by atoms with van der Waals surface area (Å²) in [6, 6.07) is 10.7. The Labute approximate surface area is 176 Å². The molecule has 0 aliphatic carbocycles. The van der Waals surface area contributed by atoms with Crippen LogP contribution in [-0.2, 0) is 10.3 Å². The predicted molar refractivity (Wildman–Crippen MR) is 115 cm³/mol. The molecule has 2 aromatic rings. The van der Waals surface area contributed by atoms with Gasteiger partial charge in [0.05, 0.1) is 12.7 Å². The number of hydrogen-bond acceptors (Lipinski definition) is 5. The zero-order valence-electron chi connectivity index (χ0n) is 17.2. The van der Waals surface area contributed by atoms with Crippen molar-refractivity contribution < 1.29 is 24.4 Å². The highest BCUT2D eigenvalue weighted by Crippen LogP contribution is 2.56. The molecule has 0 fully saturated rings. The number of fused-ring (bicyclic) bond motifs is 4. The van der Waals surface area contributed by atoms with Gasteiger partial charge in [-0.1, -0.05) is 31.7 Å². The molecule has 2 aromatic carbocycles. The van der Waals surface area contributed by atoms with Crippen LogP contribution in [-0.4, -0.2) is 29.5 Å². The van der Waals surface area contributed by atoms with Crippen LogP contribution in [0.2, 0.25) is 0 Å². The molecule has 30 heavy (non-hydrogen) atoms. The minimum absolute atomic E-state index is 0.118. The number of aliphatic hydroxyl groups excluding tert-OH is 1. The second-order valence-electron chi connectivity index (χ2n) is 7.57. The molecule has 2 aliphatic rings. The average Bonchev–Trinajstić information content (AvgIpc) is 3.06. The molecule has 0 saturated heterocycles. The quantitative estimate of drug-likeness (QED) is 0.662. The minimum atomic E-state index is -0.846. The van der Waals surface area contributed by atoms with Crippen LogP contribution in [0.25, 0.3) is 0 Å². The molecule has 4 rings (SSSR count). The fourth-order valence-electron chi connectivity index (χ4n) is 3.97. The molecule has 156 valence electrons. The van der Waals surface area contributed by atoms with E-state index in [-0.39, 0.29) is 12.4 Å². The van der Waals surface area contributed by atoms with Gasteiger partial charge in [-0.3, -0.25) is 0 Å². The van der Waals surface area contributed by atoms with Gasteiger partial charge in [-0.25, -0.2) is 0 Å². The number of rotatable bonds is 6. The van der Waals surface area contributed by atoms with Gasteiger partial charge in [0.15, 0.2) is 5.60 Å². The van der Waals surface area contributed by atoms with Crippen LogP contribution in [0.15, 0.2) is 72.4 Å². The fraction of sp³-hybridized carbons (Fsp3) is 0.280. The summed E-state index contributed by atoms with van der Waals surface area (Å²) in [6.45, 7) is 8.44. The van der Waals surface area contributed by atoms with E-state index in [1.807, 2.05) is 37.3 Å². The first-order valence-corrected chi connectivity index (χ1v) is 10.1. The molecule has 2 aliphatic heterocycles. The lowest BCUT2D eigenvalue weighted by Gasteiger charge is -2.38. The third-order valence-electron chi connectivity index (χ3n) is 5.55. The Morgan fingerprint density at radius 3 is 2.67 bits per heavy atom. The van der Waals surface area contributed by atoms with E-state index in [2.05, 4.69) is 13.5 Å². The molecule has 0 radical (unpaired) electrons. The summed E-state index contributed by atoms with van der Waals surface area (Å²) in [4.78, 5) is 0. The summed E-state index contributed by atoms with van der Waals surface area (Å²) < 4.78 is 18.3. The van der Waals surface area contributed by atoms with Gasteiger partial charge in [0.2, 0.25) is 0 Å². The molecule has 2 N–H and O–H groups in total. The van der Waals surface area contributed by atoms with Crippen molar-refractivity contribution in [2.24, 2.45) is 0 Å². The van der Waals surface area contributed by atoms with Crippen molar-refractivity contribution >= 4 is 0 Å². The van der Waals surface area contributed by atoms with Gasteiger partial charge in [0.1, 0.15) is 29.6 Å². The van der Waals surface area contributed by atoms with Gasteiger partial charge in [-0.2, -0.15) is 0 Å². The molecule has 2 atom stereocenters. The van der Waals surface area contributed by atoms with Crippen molar-refractivity contribution in [1.82, 2.24) is 0 Å². The van der Waals surface area contributed by atoms with Gasteiger partial charge in [-0.15, -0.1) is 0 Å². The monoisotopic (exact) mass is 406 g/mol. The van der Waals surface area contributed by atoms with E-state index in [4.69, 9.17) is 14.2 Å². The summed E-state index contributed by atoms with van der Waals surface area (Å²) in [5, 5.41) is 19.8. The Morgan fingerprint density at radius 2 is 1.93 bits per heavy atom. The number of phenolic OH excluding ortho intramolecular Hbond substituents is 1. The Bertz CT molecular complexity index is 1040. The van der Waals surface area contributed by atoms with Crippen LogP contribution < -0.4 is 9.47 Å². The minimum Gasteiger partial charge on any atom is -0.508 e. The smallest absolute Gasteiger partial charge is 0.151 e. The maximum Gasteiger partial charge on any atom is 0.151 e. The fourth-order valence-corrected chi connectivity index (χ4v) is 3.97. The molecule has 2 heterocycles. The first kappa shape index (κ1) is 20.3. The SMILES string of the molecule is C=C/C=C\C1=C(C)COC12c1ccc(O)cc1Oc1cc(OCC(O)CC)ccc12. The van der Waals surface area contributed by atoms with E-state index in [0.29, 0.717) is 30.3 Å². The topological polar surface area (TPSA) is 68.2 Å². The average molecular weight is 406 g/mol. The summed E-state index contributed by atoms with van der Waals surface area (Å²) in [5.41, 5.74) is 3.00. The lowest BCUT2D eigenvalue weighted by atomic mass is 9.77. The number of aliphatic hydroxyl groups is 1. The van der Waals surface area contributed by atoms with Crippen LogP contribution in [0.1, 0.15) is 31.4 Å². The Hall–Kier alpha value is -3.02. The second-order valence-corrected chi connectivity index (χ2v) is 7.57. The van der Waals surface area contributed by atoms with Gasteiger partial charge in [0, 0.05) is 23.3 Å². The third kappa shape index (κ3) is 3.30. The van der Waals surface area contributed by atoms with Crippen molar-refractivity contribution in [2.45, 2.75) is 32.0 Å². The van der Waals surface area contributed by atoms with Crippen molar-refractivity contribution in [3.8, 4) is 23.0 Å². The van der Waals surface area contributed by atoms with E-state index >= 15 is 0 Å². The molecule has 0 saturated carbocycles. The zero-order chi connectivity index (χ0) is 21.3. The normalized spacial score (nSPS) is 20.8. The number of hydrogen-bond donors (Lipinski definition) is 2. The van der Waals surface area contributed by atoms with Crippen LogP contribution in [0, 0.1) is 0 Å². The van der Waals surface area contributed by atoms with Crippen LogP contribution in [0.3, 0.4) is 0 Å². The van der Waals surface area contributed by atoms with E-state index in [1.54, 1.807) is 24.3 Å². The van der Waals surface area contributed by atoms with Gasteiger partial charge in [0.25, 0.3) is 0 Å². The third-order valence-corrected chi connectivity index (χ3v) is 5.55. The van der Waals surface area contributed by atoms with Crippen LogP contribution in [0.5, 0.6) is 23.0 Å². The number of aromatic hydroxyl groups is 1. The lowest BCUT2D eigenvalue weighted by molar-refractivity contribution is 0.0420. The van der Waals surface area contributed by atoms with E-state index in [9.17, 15) is 10.2 Å². The predicted octanol–water partition coefficient (Wildman–Crippen LogP) is 4.98. The first-order chi connectivity index (χ1) is 14.5. The second kappa shape index (κ2) is 8.01. The summed E-state index contributed by atoms with van der Waals surface area (Å²) in [5.74, 6) is 1.85. The molecule has 5 heteroatoms. The summed E-state index contributed by atoms with van der Waals surface area (Å²) in [7, 11) is 0. The van der Waals surface area contributed by atoms with Crippen molar-refractivity contribution in [3.63, 3.8) is 0 Å². The lowest BCUT2D eigenvalue weighted by Crippen LogP contribution is -2.33. The Morgan fingerprint density at radius 1 is 1.20 bits per heavy atom. The molecule has 1 spiro atoms. The highest BCUT2D eigenvalue weighted by atomic mass is 16.5. The summed E-state index contributed by atoms with van der Waals surface area (Å²) >= 11 is 0. The largest absolute Gasteiger partial charge is 0.508 e. The standard InChI is InChI=1S/C25H26O5/c1-4-6-7-20-16(3)14-29-25(20)21-10-8-18(27)12-23(21)30-24-13-19(9-11-22(24)25)28-15-17(26)5-2/h4,6-13,17,26-27H,1,5,14-15H2,2-3H3/b7-6-. The first-order valence-electron chi connectivity index (χ1n) is 10.1. The van der Waals surface area contributed by atoms with Crippen molar-refractivity contribution in [3.05, 3.63) is 83.5 Å². The van der Waals surface area contributed by atoms with Gasteiger partial charge < -0.3 is 24.4 Å². The zero-order valence-corrected chi connectivity index (χ0v) is 17.2. The van der Waals surface area contributed by atoms with Crippen molar-refractivity contribution in [2.75, 3.05) is 13.2 Å². The van der Waals surface area contributed by atoms with Crippen LogP contribution >= 0.6 is 0 Å². The van der Waals surface area contributed by atoms with E-state index in [0.717, 1.165) is 22.3 Å². The highest BCUT2D eigenvalue weighted by Gasteiger charge is 2.49. The maximum atomic E-state index is 10.0. The van der Waals surface area contributed by atoms with Crippen LogP contribution in [0.4, 0.5) is 0 Å². The molecular weight excluding hydrogens is 380 g/mol. The Kier molecular flexibility index (Phi) is 5.41. The van der Waals surface area contributed by atoms with E-state index in [1.165, 1.54) is 0 Å². The highest BCUT2D eigenvalue weighted by molar-refractivity contribution is 5.66. The number of benzene rings is 2. The maximum absolute atomic E-state index is 10.0. The molecule has 2 unspecified atom stereocenters.